The fourth-order valence-electron chi connectivity index (χ4n) is 2.30. The van der Waals surface area contributed by atoms with Gasteiger partial charge < -0.3 is 15.4 Å². The number of rotatable bonds is 9. The average Bonchev–Trinajstić information content (AvgIpc) is 2.66. The number of para-hydroxylation sites is 1. The van der Waals surface area contributed by atoms with Gasteiger partial charge in [0.25, 0.3) is 0 Å². The van der Waals surface area contributed by atoms with Gasteiger partial charge in [0, 0.05) is 31.0 Å². The Kier molecular flexibility index (Phi) is 8.05. The van der Waals surface area contributed by atoms with Gasteiger partial charge in [-0.2, -0.15) is 0 Å². The molecule has 0 radical (unpaired) electrons. The lowest BCUT2D eigenvalue weighted by molar-refractivity contribution is 0.359. The second kappa shape index (κ2) is 10.9. The predicted octanol–water partition coefficient (Wildman–Crippen LogP) is 2.94. The van der Waals surface area contributed by atoms with Crippen LogP contribution in [0.25, 0.3) is 0 Å². The van der Waals surface area contributed by atoms with Crippen molar-refractivity contribution in [2.24, 2.45) is 4.99 Å². The summed E-state index contributed by atoms with van der Waals surface area (Å²) in [5.74, 6) is 1.64. The zero-order chi connectivity index (χ0) is 17.7. The zero-order valence-electron chi connectivity index (χ0n) is 14.7. The molecule has 5 nitrogen and oxygen atoms in total. The van der Waals surface area contributed by atoms with E-state index >= 15 is 0 Å². The van der Waals surface area contributed by atoms with Crippen LogP contribution >= 0.6 is 0 Å². The Bertz CT molecular complexity index is 670. The second-order valence-corrected chi connectivity index (χ2v) is 5.44. The molecule has 2 N–H and O–H groups in total. The van der Waals surface area contributed by atoms with E-state index in [4.69, 9.17) is 4.74 Å². The van der Waals surface area contributed by atoms with Crippen molar-refractivity contribution >= 4 is 5.96 Å². The summed E-state index contributed by atoms with van der Waals surface area (Å²) in [6, 6.07) is 12.0. The van der Waals surface area contributed by atoms with Crippen molar-refractivity contribution in [3.63, 3.8) is 0 Å². The number of pyridine rings is 1. The molecule has 1 aromatic heterocycles. The maximum Gasteiger partial charge on any atom is 0.191 e. The number of hydrogen-bond acceptors (Lipinski definition) is 3. The molecule has 0 atom stereocenters. The van der Waals surface area contributed by atoms with E-state index in [0.29, 0.717) is 13.2 Å². The largest absolute Gasteiger partial charge is 0.489 e. The topological polar surface area (TPSA) is 58.5 Å². The molecule has 2 rings (SSSR count). The third-order valence-corrected chi connectivity index (χ3v) is 3.51. The number of benzene rings is 1. The Hall–Kier alpha value is -2.82. The normalized spacial score (nSPS) is 11.0. The summed E-state index contributed by atoms with van der Waals surface area (Å²) in [6.45, 7) is 8.39. The van der Waals surface area contributed by atoms with E-state index in [1.165, 1.54) is 5.56 Å². The summed E-state index contributed by atoms with van der Waals surface area (Å²) in [5.41, 5.74) is 2.25. The molecule has 2 aromatic rings. The van der Waals surface area contributed by atoms with Gasteiger partial charge in [-0.3, -0.25) is 4.98 Å². The Morgan fingerprint density at radius 3 is 2.88 bits per heavy atom. The number of nitrogens with one attached hydrogen (secondary N) is 2. The molecule has 0 aliphatic rings. The first-order valence-electron chi connectivity index (χ1n) is 8.56. The van der Waals surface area contributed by atoms with Gasteiger partial charge in [-0.25, -0.2) is 4.99 Å². The Morgan fingerprint density at radius 2 is 2.12 bits per heavy atom. The summed E-state index contributed by atoms with van der Waals surface area (Å²) < 4.78 is 5.68. The number of guanidine groups is 1. The Morgan fingerprint density at radius 1 is 1.24 bits per heavy atom. The van der Waals surface area contributed by atoms with Crippen molar-refractivity contribution in [3.05, 3.63) is 72.6 Å². The highest BCUT2D eigenvalue weighted by Crippen LogP contribution is 2.18. The van der Waals surface area contributed by atoms with Crippen molar-refractivity contribution in [2.75, 3.05) is 19.7 Å². The summed E-state index contributed by atoms with van der Waals surface area (Å²) in [4.78, 5) is 8.79. The number of ether oxygens (including phenoxy) is 1. The molecule has 0 spiro atoms. The summed E-state index contributed by atoms with van der Waals surface area (Å²) in [7, 11) is 0. The summed E-state index contributed by atoms with van der Waals surface area (Å²) in [6.07, 6.45) is 6.31. The lowest BCUT2D eigenvalue weighted by Crippen LogP contribution is -2.38. The molecule has 0 unspecified atom stereocenters. The lowest BCUT2D eigenvalue weighted by Gasteiger charge is -2.12. The molecule has 25 heavy (non-hydrogen) atoms. The van der Waals surface area contributed by atoms with Crippen molar-refractivity contribution in [3.8, 4) is 5.75 Å². The van der Waals surface area contributed by atoms with E-state index in [-0.39, 0.29) is 0 Å². The van der Waals surface area contributed by atoms with E-state index in [9.17, 15) is 0 Å². The average molecular weight is 338 g/mol. The zero-order valence-corrected chi connectivity index (χ0v) is 14.7. The van der Waals surface area contributed by atoms with E-state index in [1.807, 2.05) is 36.5 Å². The van der Waals surface area contributed by atoms with Crippen molar-refractivity contribution in [2.45, 2.75) is 19.9 Å². The van der Waals surface area contributed by atoms with Crippen LogP contribution in [0.2, 0.25) is 0 Å². The second-order valence-electron chi connectivity index (χ2n) is 5.44. The van der Waals surface area contributed by atoms with Gasteiger partial charge in [0.15, 0.2) is 5.96 Å². The SMILES string of the molecule is C=CCOc1ccccc1CN=C(NCC)NCCc1cccnc1. The molecule has 0 bridgehead atoms. The van der Waals surface area contributed by atoms with Crippen LogP contribution < -0.4 is 15.4 Å². The van der Waals surface area contributed by atoms with Crippen LogP contribution in [0, 0.1) is 0 Å². The van der Waals surface area contributed by atoms with Gasteiger partial charge in [-0.1, -0.05) is 36.9 Å². The first-order valence-corrected chi connectivity index (χ1v) is 8.56. The standard InChI is InChI=1S/C20H26N4O/c1-3-14-25-19-10-6-5-9-18(19)16-24-20(22-4-2)23-13-11-17-8-7-12-21-15-17/h3,5-10,12,15H,1,4,11,13-14,16H2,2H3,(H2,22,23,24). The number of aromatic nitrogens is 1. The molecule has 0 fully saturated rings. The molecule has 5 heteroatoms. The number of hydrogen-bond donors (Lipinski definition) is 2. The maximum atomic E-state index is 5.68. The Labute approximate surface area is 149 Å². The molecule has 132 valence electrons. The highest BCUT2D eigenvalue weighted by Gasteiger charge is 2.03. The van der Waals surface area contributed by atoms with Crippen LogP contribution in [0.4, 0.5) is 0 Å². The minimum Gasteiger partial charge on any atom is -0.489 e. The number of nitrogens with zero attached hydrogens (tertiary/aromatic N) is 2. The summed E-state index contributed by atoms with van der Waals surface area (Å²) >= 11 is 0. The smallest absolute Gasteiger partial charge is 0.191 e. The molecule has 0 saturated carbocycles. The van der Waals surface area contributed by atoms with Crippen LogP contribution in [0.5, 0.6) is 5.75 Å². The first-order chi connectivity index (χ1) is 12.3. The molecule has 0 aliphatic heterocycles. The number of aliphatic imine (C=N–C) groups is 1. The lowest BCUT2D eigenvalue weighted by atomic mass is 10.2. The van der Waals surface area contributed by atoms with Crippen molar-refractivity contribution < 1.29 is 4.74 Å². The van der Waals surface area contributed by atoms with Crippen LogP contribution in [-0.4, -0.2) is 30.6 Å². The van der Waals surface area contributed by atoms with Gasteiger partial charge in [-0.05, 0) is 31.0 Å². The van der Waals surface area contributed by atoms with Gasteiger partial charge in [0.2, 0.25) is 0 Å². The first kappa shape index (κ1) is 18.5. The molecule has 0 aliphatic carbocycles. The van der Waals surface area contributed by atoms with Crippen LogP contribution in [0.15, 0.2) is 66.4 Å². The van der Waals surface area contributed by atoms with Crippen molar-refractivity contribution in [1.29, 1.82) is 0 Å². The molecule has 0 saturated heterocycles. The van der Waals surface area contributed by atoms with Crippen LogP contribution in [-0.2, 0) is 13.0 Å². The minimum atomic E-state index is 0.490. The van der Waals surface area contributed by atoms with E-state index in [1.54, 1.807) is 12.3 Å². The monoisotopic (exact) mass is 338 g/mol. The fourth-order valence-corrected chi connectivity index (χ4v) is 2.30. The highest BCUT2D eigenvalue weighted by molar-refractivity contribution is 5.79. The van der Waals surface area contributed by atoms with Gasteiger partial charge in [-0.15, -0.1) is 0 Å². The quantitative estimate of drug-likeness (QED) is 0.419. The molecular weight excluding hydrogens is 312 g/mol. The van der Waals surface area contributed by atoms with E-state index < -0.39 is 0 Å². The summed E-state index contributed by atoms with van der Waals surface area (Å²) in [5, 5.41) is 6.62. The van der Waals surface area contributed by atoms with Gasteiger partial charge in [0.05, 0.1) is 6.54 Å². The van der Waals surface area contributed by atoms with Crippen molar-refractivity contribution in [1.82, 2.24) is 15.6 Å². The highest BCUT2D eigenvalue weighted by atomic mass is 16.5. The molecule has 0 amide bonds. The molecule has 1 aromatic carbocycles. The van der Waals surface area contributed by atoms with Crippen LogP contribution in [0.1, 0.15) is 18.1 Å². The molecular formula is C20H26N4O. The minimum absolute atomic E-state index is 0.490. The van der Waals surface area contributed by atoms with E-state index in [2.05, 4.69) is 40.2 Å². The van der Waals surface area contributed by atoms with Crippen LogP contribution in [0.3, 0.4) is 0 Å². The van der Waals surface area contributed by atoms with Gasteiger partial charge >= 0.3 is 0 Å². The third kappa shape index (κ3) is 6.67. The van der Waals surface area contributed by atoms with E-state index in [0.717, 1.165) is 36.8 Å². The fraction of sp³-hybridized carbons (Fsp3) is 0.300. The predicted molar refractivity (Wildman–Crippen MR) is 103 cm³/mol. The van der Waals surface area contributed by atoms with Gasteiger partial charge in [0.1, 0.15) is 12.4 Å². The molecule has 1 heterocycles. The maximum absolute atomic E-state index is 5.68. The Balaban J connectivity index is 1.93. The third-order valence-electron chi connectivity index (χ3n) is 3.51.